The number of phenolic OH excluding ortho intramolecular Hbond substituents is 1. The van der Waals surface area contributed by atoms with Crippen LogP contribution in [0.3, 0.4) is 0 Å². The van der Waals surface area contributed by atoms with Crippen molar-refractivity contribution in [3.63, 3.8) is 0 Å². The molecule has 0 spiro atoms. The molecule has 0 amide bonds. The number of hydrogen-bond donors (Lipinski definition) is 2. The number of rotatable bonds is 3. The van der Waals surface area contributed by atoms with Crippen LogP contribution in [-0.2, 0) is 0 Å². The van der Waals surface area contributed by atoms with Gasteiger partial charge in [-0.1, -0.05) is 19.9 Å². The number of benzene rings is 2. The minimum absolute atomic E-state index is 0.0729. The summed E-state index contributed by atoms with van der Waals surface area (Å²) in [7, 11) is 0. The number of anilines is 1. The van der Waals surface area contributed by atoms with Gasteiger partial charge in [-0.2, -0.15) is 0 Å². The van der Waals surface area contributed by atoms with Crippen molar-refractivity contribution in [3.8, 4) is 17.2 Å². The number of nitrogens with two attached hydrogens (primary N) is 1. The highest BCUT2D eigenvalue weighted by Crippen LogP contribution is 2.33. The summed E-state index contributed by atoms with van der Waals surface area (Å²) in [6.07, 6.45) is 1.08. The van der Waals surface area contributed by atoms with E-state index in [0.717, 1.165) is 11.9 Å². The Hall–Kier alpha value is -2.49. The first-order valence-corrected chi connectivity index (χ1v) is 7.08. The number of aromatic hydroxyl groups is 1. The van der Waals surface area contributed by atoms with Crippen LogP contribution in [0.1, 0.15) is 31.7 Å². The van der Waals surface area contributed by atoms with Crippen molar-refractivity contribution < 1.29 is 9.52 Å². The van der Waals surface area contributed by atoms with Gasteiger partial charge in [-0.25, -0.2) is 4.98 Å². The number of oxazole rings is 1. The molecule has 3 aromatic rings. The van der Waals surface area contributed by atoms with E-state index in [1.54, 1.807) is 12.1 Å². The fourth-order valence-corrected chi connectivity index (χ4v) is 2.33. The smallest absolute Gasteiger partial charge is 0.231 e. The van der Waals surface area contributed by atoms with Crippen molar-refractivity contribution >= 4 is 16.8 Å². The molecule has 1 heterocycles. The second kappa shape index (κ2) is 5.13. The minimum Gasteiger partial charge on any atom is -0.507 e. The van der Waals surface area contributed by atoms with Crippen molar-refractivity contribution in [1.82, 2.24) is 4.98 Å². The molecule has 1 aromatic heterocycles. The lowest BCUT2D eigenvalue weighted by Gasteiger charge is -2.07. The summed E-state index contributed by atoms with van der Waals surface area (Å²) in [5, 5.41) is 9.97. The first-order valence-electron chi connectivity index (χ1n) is 7.08. The fraction of sp³-hybridized carbons (Fsp3) is 0.235. The lowest BCUT2D eigenvalue weighted by Crippen LogP contribution is -1.90. The van der Waals surface area contributed by atoms with Gasteiger partial charge in [0.05, 0.1) is 5.56 Å². The molecular formula is C17H18N2O2. The van der Waals surface area contributed by atoms with E-state index in [0.29, 0.717) is 28.6 Å². The van der Waals surface area contributed by atoms with E-state index in [-0.39, 0.29) is 5.75 Å². The van der Waals surface area contributed by atoms with E-state index >= 15 is 0 Å². The molecule has 0 unspecified atom stereocenters. The van der Waals surface area contributed by atoms with Crippen molar-refractivity contribution in [2.75, 3.05) is 5.73 Å². The highest BCUT2D eigenvalue weighted by atomic mass is 16.3. The summed E-state index contributed by atoms with van der Waals surface area (Å²) in [5.74, 6) is 0.965. The van der Waals surface area contributed by atoms with Crippen LogP contribution in [0.2, 0.25) is 0 Å². The Kier molecular flexibility index (Phi) is 3.29. The Morgan fingerprint density at radius 2 is 2.05 bits per heavy atom. The third-order valence-electron chi connectivity index (χ3n) is 3.85. The number of aromatic nitrogens is 1. The molecule has 4 nitrogen and oxygen atoms in total. The van der Waals surface area contributed by atoms with Crippen LogP contribution in [0.5, 0.6) is 5.75 Å². The number of fused-ring (bicyclic) bond motifs is 1. The van der Waals surface area contributed by atoms with Gasteiger partial charge in [0.1, 0.15) is 11.3 Å². The van der Waals surface area contributed by atoms with Crippen LogP contribution >= 0.6 is 0 Å². The minimum atomic E-state index is 0.0729. The van der Waals surface area contributed by atoms with E-state index in [2.05, 4.69) is 24.9 Å². The monoisotopic (exact) mass is 282 g/mol. The summed E-state index contributed by atoms with van der Waals surface area (Å²) < 4.78 is 5.73. The number of nitrogen functional groups attached to an aromatic ring is 1. The van der Waals surface area contributed by atoms with Crippen molar-refractivity contribution in [2.24, 2.45) is 0 Å². The second-order valence-corrected chi connectivity index (χ2v) is 5.33. The van der Waals surface area contributed by atoms with Gasteiger partial charge in [0.25, 0.3) is 0 Å². The molecule has 3 rings (SSSR count). The van der Waals surface area contributed by atoms with E-state index < -0.39 is 0 Å². The lowest BCUT2D eigenvalue weighted by atomic mass is 9.98. The summed E-state index contributed by atoms with van der Waals surface area (Å²) in [6, 6.07) is 11.0. The predicted octanol–water partition coefficient (Wildman–Crippen LogP) is 4.30. The number of phenols is 1. The number of hydrogen-bond acceptors (Lipinski definition) is 4. The Morgan fingerprint density at radius 1 is 1.24 bits per heavy atom. The molecule has 2 aromatic carbocycles. The Bertz CT molecular complexity index is 793. The van der Waals surface area contributed by atoms with E-state index in [4.69, 9.17) is 10.2 Å². The quantitative estimate of drug-likeness (QED) is 0.703. The van der Waals surface area contributed by atoms with E-state index in [1.165, 1.54) is 11.6 Å². The summed E-state index contributed by atoms with van der Waals surface area (Å²) in [6.45, 7) is 4.35. The molecule has 0 aliphatic rings. The molecule has 1 atom stereocenters. The normalized spacial score (nSPS) is 12.7. The number of nitrogens with zero attached hydrogens (tertiary/aromatic N) is 1. The summed E-state index contributed by atoms with van der Waals surface area (Å²) in [5.41, 5.74) is 9.45. The molecule has 3 N–H and O–H groups in total. The van der Waals surface area contributed by atoms with Crippen LogP contribution in [0.4, 0.5) is 5.69 Å². The van der Waals surface area contributed by atoms with Crippen molar-refractivity contribution in [2.45, 2.75) is 26.2 Å². The molecule has 108 valence electrons. The van der Waals surface area contributed by atoms with Gasteiger partial charge in [0, 0.05) is 11.8 Å². The second-order valence-electron chi connectivity index (χ2n) is 5.33. The highest BCUT2D eigenvalue weighted by Gasteiger charge is 2.13. The van der Waals surface area contributed by atoms with Gasteiger partial charge in [-0.15, -0.1) is 0 Å². The predicted molar refractivity (Wildman–Crippen MR) is 84.2 cm³/mol. The zero-order chi connectivity index (χ0) is 15.0. The fourth-order valence-electron chi connectivity index (χ4n) is 2.33. The average molecular weight is 282 g/mol. The van der Waals surface area contributed by atoms with Gasteiger partial charge in [0.2, 0.25) is 5.89 Å². The summed E-state index contributed by atoms with van der Waals surface area (Å²) in [4.78, 5) is 4.48. The maximum Gasteiger partial charge on any atom is 0.231 e. The van der Waals surface area contributed by atoms with Gasteiger partial charge < -0.3 is 15.3 Å². The Labute approximate surface area is 123 Å². The van der Waals surface area contributed by atoms with Gasteiger partial charge in [0.15, 0.2) is 5.58 Å². The third kappa shape index (κ3) is 2.44. The van der Waals surface area contributed by atoms with Crippen molar-refractivity contribution in [1.29, 1.82) is 0 Å². The average Bonchev–Trinajstić information content (AvgIpc) is 2.88. The van der Waals surface area contributed by atoms with Crippen LogP contribution in [0.25, 0.3) is 22.6 Å². The molecule has 0 aliphatic carbocycles. The topological polar surface area (TPSA) is 72.3 Å². The van der Waals surface area contributed by atoms with E-state index in [1.807, 2.05) is 12.1 Å². The third-order valence-corrected chi connectivity index (χ3v) is 3.85. The lowest BCUT2D eigenvalue weighted by molar-refractivity contribution is 0.474. The van der Waals surface area contributed by atoms with Gasteiger partial charge in [-0.3, -0.25) is 0 Å². The molecule has 0 saturated heterocycles. The Morgan fingerprint density at radius 3 is 2.76 bits per heavy atom. The van der Waals surface area contributed by atoms with Crippen LogP contribution in [0.15, 0.2) is 40.8 Å². The van der Waals surface area contributed by atoms with Crippen LogP contribution in [0, 0.1) is 0 Å². The molecule has 4 heteroatoms. The molecular weight excluding hydrogens is 264 g/mol. The van der Waals surface area contributed by atoms with Crippen LogP contribution in [-0.4, -0.2) is 10.1 Å². The molecule has 0 bridgehead atoms. The molecule has 0 saturated carbocycles. The zero-order valence-corrected chi connectivity index (χ0v) is 12.1. The maximum atomic E-state index is 9.97. The van der Waals surface area contributed by atoms with Gasteiger partial charge in [-0.05, 0) is 42.2 Å². The first-order chi connectivity index (χ1) is 10.1. The highest BCUT2D eigenvalue weighted by molar-refractivity contribution is 5.78. The molecule has 0 radical (unpaired) electrons. The van der Waals surface area contributed by atoms with Gasteiger partial charge >= 0.3 is 0 Å². The molecule has 21 heavy (non-hydrogen) atoms. The molecule has 0 fully saturated rings. The van der Waals surface area contributed by atoms with Crippen LogP contribution < -0.4 is 5.73 Å². The molecule has 0 aliphatic heterocycles. The Balaban J connectivity index is 2.08. The summed E-state index contributed by atoms with van der Waals surface area (Å²) >= 11 is 0. The SMILES string of the molecule is CC[C@H](C)c1ccc2oc(-c3ccc(N)cc3O)nc2c1. The van der Waals surface area contributed by atoms with E-state index in [9.17, 15) is 5.11 Å². The first kappa shape index (κ1) is 13.5. The largest absolute Gasteiger partial charge is 0.507 e. The standard InChI is InChI=1S/C17H18N2O2/c1-3-10(2)11-4-7-16-14(8-11)19-17(21-16)13-6-5-12(18)9-15(13)20/h4-10,20H,3,18H2,1-2H3/t10-/m0/s1. The zero-order valence-electron chi connectivity index (χ0n) is 12.1. The van der Waals surface area contributed by atoms with Crippen molar-refractivity contribution in [3.05, 3.63) is 42.0 Å². The maximum absolute atomic E-state index is 9.97.